The molecule has 1 heterocycles. The molecule has 1 fully saturated rings. The van der Waals surface area contributed by atoms with Gasteiger partial charge in [0.05, 0.1) is 6.04 Å². The fourth-order valence-electron chi connectivity index (χ4n) is 2.31. The molecule has 17 heavy (non-hydrogen) atoms. The second-order valence-electron chi connectivity index (χ2n) is 4.87. The van der Waals surface area contributed by atoms with Crippen LogP contribution in [0.1, 0.15) is 44.7 Å². The van der Waals surface area contributed by atoms with E-state index in [1.807, 2.05) is 6.07 Å². The Hall–Kier alpha value is -1.15. The van der Waals surface area contributed by atoms with Gasteiger partial charge in [0, 0.05) is 19.0 Å². The third-order valence-electron chi connectivity index (χ3n) is 3.58. The predicted octanol–water partition coefficient (Wildman–Crippen LogP) is 3.19. The fourth-order valence-corrected chi connectivity index (χ4v) is 2.31. The summed E-state index contributed by atoms with van der Waals surface area (Å²) in [5.74, 6) is 0.426. The number of carbonyl (C=O) groups excluding carboxylic acids is 1. The van der Waals surface area contributed by atoms with Crippen LogP contribution in [0.15, 0.2) is 30.3 Å². The van der Waals surface area contributed by atoms with E-state index >= 15 is 0 Å². The molecule has 2 rings (SSSR count). The molecule has 0 bridgehead atoms. The molecular weight excluding hydrogens is 210 g/mol. The van der Waals surface area contributed by atoms with Crippen molar-refractivity contribution in [2.45, 2.75) is 45.2 Å². The van der Waals surface area contributed by atoms with Crippen molar-refractivity contribution in [2.75, 3.05) is 6.54 Å². The zero-order chi connectivity index (χ0) is 12.3. The molecule has 0 spiro atoms. The van der Waals surface area contributed by atoms with Gasteiger partial charge in [-0.3, -0.25) is 9.69 Å². The summed E-state index contributed by atoms with van der Waals surface area (Å²) >= 11 is 0. The molecule has 1 aliphatic rings. The van der Waals surface area contributed by atoms with E-state index in [0.717, 1.165) is 25.8 Å². The average molecular weight is 231 g/mol. The first-order valence-electron chi connectivity index (χ1n) is 6.57. The van der Waals surface area contributed by atoms with Crippen molar-refractivity contribution in [1.82, 2.24) is 4.90 Å². The van der Waals surface area contributed by atoms with Crippen molar-refractivity contribution in [3.05, 3.63) is 35.9 Å². The third-order valence-corrected chi connectivity index (χ3v) is 3.58. The SMILES string of the molecule is CCCCC(=O)[C@@H]1CN1[C@H](C)c1ccccc1. The normalized spacial score (nSPS) is 24.4. The molecule has 1 aliphatic heterocycles. The summed E-state index contributed by atoms with van der Waals surface area (Å²) in [6, 6.07) is 11.0. The molecule has 0 radical (unpaired) electrons. The van der Waals surface area contributed by atoms with E-state index in [4.69, 9.17) is 0 Å². The number of benzene rings is 1. The Morgan fingerprint density at radius 1 is 1.41 bits per heavy atom. The van der Waals surface area contributed by atoms with E-state index in [-0.39, 0.29) is 6.04 Å². The Morgan fingerprint density at radius 2 is 2.12 bits per heavy atom. The second kappa shape index (κ2) is 5.46. The van der Waals surface area contributed by atoms with E-state index in [1.54, 1.807) is 0 Å². The van der Waals surface area contributed by atoms with E-state index in [2.05, 4.69) is 43.0 Å². The number of unbranched alkanes of at least 4 members (excludes halogenated alkanes) is 1. The largest absolute Gasteiger partial charge is 0.298 e. The molecule has 0 amide bonds. The summed E-state index contributed by atoms with van der Waals surface area (Å²) in [6.07, 6.45) is 2.88. The molecule has 1 aromatic carbocycles. The lowest BCUT2D eigenvalue weighted by Gasteiger charge is -2.13. The Morgan fingerprint density at radius 3 is 2.76 bits per heavy atom. The van der Waals surface area contributed by atoms with E-state index in [9.17, 15) is 4.79 Å². The third kappa shape index (κ3) is 2.95. The standard InChI is InChI=1S/C15H21NO/c1-3-4-10-15(17)14-11-16(14)12(2)13-8-6-5-7-9-13/h5-9,12,14H,3-4,10-11H2,1-2H3/t12-,14+,16?/m1/s1. The highest BCUT2D eigenvalue weighted by atomic mass is 16.1. The molecule has 0 N–H and O–H groups in total. The smallest absolute Gasteiger partial charge is 0.151 e. The van der Waals surface area contributed by atoms with Crippen LogP contribution in [0, 0.1) is 0 Å². The Labute approximate surface area is 104 Å². The summed E-state index contributed by atoms with van der Waals surface area (Å²) in [5, 5.41) is 0. The first kappa shape index (κ1) is 12.3. The zero-order valence-electron chi connectivity index (χ0n) is 10.7. The van der Waals surface area contributed by atoms with Crippen molar-refractivity contribution >= 4 is 5.78 Å². The number of Topliss-reactive ketones (excluding diaryl/α,β-unsaturated/α-hetero) is 1. The molecule has 1 saturated heterocycles. The molecule has 3 atom stereocenters. The maximum absolute atomic E-state index is 11.9. The van der Waals surface area contributed by atoms with E-state index in [0.29, 0.717) is 11.8 Å². The molecule has 0 saturated carbocycles. The highest BCUT2D eigenvalue weighted by Crippen LogP contribution is 2.32. The summed E-state index contributed by atoms with van der Waals surface area (Å²) in [6.45, 7) is 5.26. The quantitative estimate of drug-likeness (QED) is 0.701. The fraction of sp³-hybridized carbons (Fsp3) is 0.533. The number of carbonyl (C=O) groups is 1. The van der Waals surface area contributed by atoms with Gasteiger partial charge in [-0.25, -0.2) is 0 Å². The molecular formula is C15H21NO. The van der Waals surface area contributed by atoms with Gasteiger partial charge in [-0.05, 0) is 18.9 Å². The number of nitrogens with zero attached hydrogens (tertiary/aromatic N) is 1. The van der Waals surface area contributed by atoms with Crippen LogP contribution in [0.25, 0.3) is 0 Å². The maximum Gasteiger partial charge on any atom is 0.151 e. The van der Waals surface area contributed by atoms with Crippen LogP contribution >= 0.6 is 0 Å². The topological polar surface area (TPSA) is 20.1 Å². The van der Waals surface area contributed by atoms with Gasteiger partial charge in [0.2, 0.25) is 0 Å². The highest BCUT2D eigenvalue weighted by Gasteiger charge is 2.42. The van der Waals surface area contributed by atoms with Crippen molar-refractivity contribution in [3.63, 3.8) is 0 Å². The Kier molecular flexibility index (Phi) is 3.95. The van der Waals surface area contributed by atoms with Gasteiger partial charge in [-0.1, -0.05) is 43.7 Å². The van der Waals surface area contributed by atoms with Crippen molar-refractivity contribution in [1.29, 1.82) is 0 Å². The molecule has 0 aliphatic carbocycles. The van der Waals surface area contributed by atoms with Gasteiger partial charge >= 0.3 is 0 Å². The van der Waals surface area contributed by atoms with Gasteiger partial charge in [-0.2, -0.15) is 0 Å². The summed E-state index contributed by atoms with van der Waals surface area (Å²) in [7, 11) is 0. The monoisotopic (exact) mass is 231 g/mol. The Bertz CT molecular complexity index is 374. The number of hydrogen-bond donors (Lipinski definition) is 0. The minimum absolute atomic E-state index is 0.191. The van der Waals surface area contributed by atoms with Crippen LogP contribution in [0.2, 0.25) is 0 Å². The predicted molar refractivity (Wildman–Crippen MR) is 69.9 cm³/mol. The lowest BCUT2D eigenvalue weighted by atomic mass is 10.1. The van der Waals surface area contributed by atoms with Crippen molar-refractivity contribution in [3.8, 4) is 0 Å². The van der Waals surface area contributed by atoms with Crippen LogP contribution in [-0.2, 0) is 4.79 Å². The Balaban J connectivity index is 1.88. The molecule has 92 valence electrons. The van der Waals surface area contributed by atoms with Gasteiger partial charge in [-0.15, -0.1) is 0 Å². The van der Waals surface area contributed by atoms with Crippen LogP contribution in [-0.4, -0.2) is 23.3 Å². The van der Waals surface area contributed by atoms with Crippen LogP contribution in [0.5, 0.6) is 0 Å². The molecule has 0 aromatic heterocycles. The van der Waals surface area contributed by atoms with Crippen LogP contribution in [0.4, 0.5) is 0 Å². The first-order valence-corrected chi connectivity index (χ1v) is 6.57. The minimum Gasteiger partial charge on any atom is -0.298 e. The van der Waals surface area contributed by atoms with Crippen LogP contribution in [0.3, 0.4) is 0 Å². The van der Waals surface area contributed by atoms with Crippen molar-refractivity contribution < 1.29 is 4.79 Å². The van der Waals surface area contributed by atoms with E-state index < -0.39 is 0 Å². The van der Waals surface area contributed by atoms with E-state index in [1.165, 1.54) is 5.56 Å². The highest BCUT2D eigenvalue weighted by molar-refractivity contribution is 5.86. The molecule has 1 aromatic rings. The van der Waals surface area contributed by atoms with Crippen LogP contribution < -0.4 is 0 Å². The molecule has 1 unspecified atom stereocenters. The average Bonchev–Trinajstić information content (AvgIpc) is 3.16. The zero-order valence-corrected chi connectivity index (χ0v) is 10.7. The van der Waals surface area contributed by atoms with Gasteiger partial charge < -0.3 is 0 Å². The lowest BCUT2D eigenvalue weighted by Crippen LogP contribution is -2.15. The maximum atomic E-state index is 11.9. The van der Waals surface area contributed by atoms with Crippen molar-refractivity contribution in [2.24, 2.45) is 0 Å². The molecule has 2 heteroatoms. The summed E-state index contributed by atoms with van der Waals surface area (Å²) in [4.78, 5) is 14.2. The van der Waals surface area contributed by atoms with Gasteiger partial charge in [0.15, 0.2) is 5.78 Å². The second-order valence-corrected chi connectivity index (χ2v) is 4.87. The summed E-state index contributed by atoms with van der Waals surface area (Å²) < 4.78 is 0. The minimum atomic E-state index is 0.191. The number of ketones is 1. The summed E-state index contributed by atoms with van der Waals surface area (Å²) in [5.41, 5.74) is 1.30. The molecule has 2 nitrogen and oxygen atoms in total. The number of rotatable bonds is 6. The lowest BCUT2D eigenvalue weighted by molar-refractivity contribution is -0.119. The van der Waals surface area contributed by atoms with Gasteiger partial charge in [0.1, 0.15) is 0 Å². The van der Waals surface area contributed by atoms with Gasteiger partial charge in [0.25, 0.3) is 0 Å². The number of hydrogen-bond acceptors (Lipinski definition) is 2. The first-order chi connectivity index (χ1) is 8.24.